The first-order chi connectivity index (χ1) is 15.5. The smallest absolute Gasteiger partial charge is 0.315 e. The van der Waals surface area contributed by atoms with E-state index in [1.54, 1.807) is 30.3 Å². The van der Waals surface area contributed by atoms with Crippen molar-refractivity contribution in [1.82, 2.24) is 15.0 Å². The second-order valence-electron chi connectivity index (χ2n) is 6.60. The Morgan fingerprint density at radius 1 is 1.09 bits per heavy atom. The number of benzene rings is 2. The maximum atomic E-state index is 14.2. The van der Waals surface area contributed by atoms with Crippen molar-refractivity contribution < 1.29 is 25.8 Å². The molecule has 0 aliphatic carbocycles. The molecule has 0 aliphatic rings. The van der Waals surface area contributed by atoms with Crippen molar-refractivity contribution in [3.63, 3.8) is 0 Å². The first-order valence-corrected chi connectivity index (χ1v) is 12.4. The van der Waals surface area contributed by atoms with Gasteiger partial charge in [-0.25, -0.2) is 8.42 Å². The van der Waals surface area contributed by atoms with Gasteiger partial charge >= 0.3 is 6.08 Å². The van der Waals surface area contributed by atoms with E-state index in [4.69, 9.17) is 10.3 Å². The molecule has 3 rings (SSSR count). The molecule has 0 amide bonds. The fourth-order valence-electron chi connectivity index (χ4n) is 2.76. The minimum atomic E-state index is -4.52. The van der Waals surface area contributed by atoms with Gasteiger partial charge in [-0.3, -0.25) is 4.55 Å². The first-order valence-electron chi connectivity index (χ1n) is 9.22. The molecular formula is C19H19FN6O5S2. The fraction of sp³-hybridized carbons (Fsp3) is 0.105. The van der Waals surface area contributed by atoms with E-state index in [2.05, 4.69) is 26.8 Å². The standard InChI is InChI=1S/C19H19FN6O5S2/c1-2-32(27,28)11-10-26(14-6-4-3-5-7-14)19-24-17(20)23-18(25-19)22-13-8-9-16(15(21)12-13)33(29,30)31/h2-9,12H,1,10-11,21H2,(H,29,30,31)(H,22,23,24,25). The van der Waals surface area contributed by atoms with Gasteiger partial charge in [-0.1, -0.05) is 24.8 Å². The van der Waals surface area contributed by atoms with Gasteiger partial charge in [0.15, 0.2) is 9.84 Å². The van der Waals surface area contributed by atoms with Crippen molar-refractivity contribution in [1.29, 1.82) is 0 Å². The number of hydrogen-bond donors (Lipinski definition) is 3. The van der Waals surface area contributed by atoms with E-state index >= 15 is 0 Å². The van der Waals surface area contributed by atoms with Crippen LogP contribution in [0.5, 0.6) is 0 Å². The molecule has 3 aromatic rings. The predicted octanol–water partition coefficient (Wildman–Crippen LogP) is 2.28. The van der Waals surface area contributed by atoms with Crippen molar-refractivity contribution in [2.24, 2.45) is 0 Å². The zero-order valence-electron chi connectivity index (χ0n) is 17.0. The lowest BCUT2D eigenvalue weighted by molar-refractivity contribution is 0.483. The van der Waals surface area contributed by atoms with Crippen LogP contribution in [0.15, 0.2) is 65.4 Å². The highest BCUT2D eigenvalue weighted by Gasteiger charge is 2.19. The number of nitrogen functional groups attached to an aromatic ring is 1. The van der Waals surface area contributed by atoms with Crippen LogP contribution in [0.1, 0.15) is 0 Å². The summed E-state index contributed by atoms with van der Waals surface area (Å²) in [6.45, 7) is 3.18. The Labute approximate surface area is 189 Å². The monoisotopic (exact) mass is 494 g/mol. The number of sulfone groups is 1. The van der Waals surface area contributed by atoms with Crippen molar-refractivity contribution in [2.75, 3.05) is 28.2 Å². The molecule has 0 saturated carbocycles. The van der Waals surface area contributed by atoms with Gasteiger partial charge in [-0.15, -0.1) is 0 Å². The SMILES string of the molecule is C=CS(=O)(=O)CCN(c1ccccc1)c1nc(F)nc(Nc2ccc(S(=O)(=O)O)c(N)c2)n1. The van der Waals surface area contributed by atoms with Gasteiger partial charge < -0.3 is 16.0 Å². The molecule has 0 spiro atoms. The van der Waals surface area contributed by atoms with Crippen LogP contribution in [0.2, 0.25) is 0 Å². The zero-order valence-corrected chi connectivity index (χ0v) is 18.6. The lowest BCUT2D eigenvalue weighted by Gasteiger charge is -2.22. The molecule has 4 N–H and O–H groups in total. The Bertz CT molecular complexity index is 1390. The number of para-hydroxylation sites is 1. The Morgan fingerprint density at radius 2 is 1.79 bits per heavy atom. The number of hydrogen-bond acceptors (Lipinski definition) is 10. The van der Waals surface area contributed by atoms with E-state index in [0.717, 1.165) is 11.5 Å². The third-order valence-corrected chi connectivity index (χ3v) is 6.49. The molecule has 1 aromatic heterocycles. The van der Waals surface area contributed by atoms with Gasteiger partial charge in [0.25, 0.3) is 10.1 Å². The first kappa shape index (κ1) is 24.0. The van der Waals surface area contributed by atoms with Crippen LogP contribution in [-0.4, -0.2) is 48.6 Å². The Morgan fingerprint density at radius 3 is 2.39 bits per heavy atom. The van der Waals surface area contributed by atoms with Crippen LogP contribution in [0.3, 0.4) is 0 Å². The van der Waals surface area contributed by atoms with Crippen LogP contribution in [0.25, 0.3) is 0 Å². The summed E-state index contributed by atoms with van der Waals surface area (Å²) in [5.74, 6) is -0.739. The minimum Gasteiger partial charge on any atom is -0.398 e. The van der Waals surface area contributed by atoms with Crippen LogP contribution in [0.4, 0.5) is 33.3 Å². The molecule has 0 saturated heterocycles. The topological polar surface area (TPSA) is 168 Å². The summed E-state index contributed by atoms with van der Waals surface area (Å²) in [5, 5.41) is 3.51. The van der Waals surface area contributed by atoms with E-state index in [-0.39, 0.29) is 35.6 Å². The molecule has 33 heavy (non-hydrogen) atoms. The Hall–Kier alpha value is -3.62. The van der Waals surface area contributed by atoms with E-state index in [0.29, 0.717) is 5.69 Å². The quantitative estimate of drug-likeness (QED) is 0.295. The molecule has 14 heteroatoms. The highest BCUT2D eigenvalue weighted by Crippen LogP contribution is 2.26. The molecule has 11 nitrogen and oxygen atoms in total. The number of halogens is 1. The fourth-order valence-corrected chi connectivity index (χ4v) is 3.96. The highest BCUT2D eigenvalue weighted by molar-refractivity contribution is 7.94. The summed E-state index contributed by atoms with van der Waals surface area (Å²) in [6.07, 6.45) is -1.14. The maximum absolute atomic E-state index is 14.2. The van der Waals surface area contributed by atoms with Crippen LogP contribution in [-0.2, 0) is 20.0 Å². The predicted molar refractivity (Wildman–Crippen MR) is 121 cm³/mol. The number of rotatable bonds is 9. The van der Waals surface area contributed by atoms with Crippen molar-refractivity contribution in [2.45, 2.75) is 4.90 Å². The Balaban J connectivity index is 1.97. The summed E-state index contributed by atoms with van der Waals surface area (Å²) >= 11 is 0. The minimum absolute atomic E-state index is 0.0999. The molecule has 1 heterocycles. The zero-order chi connectivity index (χ0) is 24.2. The van der Waals surface area contributed by atoms with Gasteiger partial charge in [0, 0.05) is 23.3 Å². The van der Waals surface area contributed by atoms with Crippen LogP contribution in [0, 0.1) is 6.08 Å². The lowest BCUT2D eigenvalue weighted by Crippen LogP contribution is -2.26. The van der Waals surface area contributed by atoms with E-state index < -0.39 is 30.9 Å². The molecule has 0 bridgehead atoms. The van der Waals surface area contributed by atoms with Gasteiger partial charge in [0.2, 0.25) is 11.9 Å². The molecule has 0 aliphatic heterocycles. The number of nitrogens with two attached hydrogens (primary N) is 1. The molecular weight excluding hydrogens is 475 g/mol. The van der Waals surface area contributed by atoms with Crippen LogP contribution < -0.4 is 16.0 Å². The average Bonchev–Trinajstić information content (AvgIpc) is 2.73. The molecule has 0 atom stereocenters. The summed E-state index contributed by atoms with van der Waals surface area (Å²) in [6, 6.07) is 12.0. The van der Waals surface area contributed by atoms with Gasteiger partial charge in [0.1, 0.15) is 4.90 Å². The second-order valence-corrected chi connectivity index (χ2v) is 10.1. The summed E-state index contributed by atoms with van der Waals surface area (Å²) in [4.78, 5) is 12.3. The summed E-state index contributed by atoms with van der Waals surface area (Å²) in [7, 11) is -8.08. The largest absolute Gasteiger partial charge is 0.398 e. The van der Waals surface area contributed by atoms with E-state index in [1.165, 1.54) is 17.0 Å². The van der Waals surface area contributed by atoms with Crippen LogP contribution >= 0.6 is 0 Å². The van der Waals surface area contributed by atoms with Gasteiger partial charge in [0.05, 0.1) is 11.4 Å². The summed E-state index contributed by atoms with van der Waals surface area (Å²) < 4.78 is 69.8. The number of nitrogens with zero attached hydrogens (tertiary/aromatic N) is 4. The Kier molecular flexibility index (Phi) is 6.90. The molecule has 0 radical (unpaired) electrons. The average molecular weight is 495 g/mol. The maximum Gasteiger partial charge on any atom is 0.315 e. The third kappa shape index (κ3) is 6.21. The second kappa shape index (κ2) is 9.48. The van der Waals surface area contributed by atoms with Crippen molar-refractivity contribution in [3.05, 3.63) is 66.6 Å². The lowest BCUT2D eigenvalue weighted by atomic mass is 10.3. The number of anilines is 5. The molecule has 0 fully saturated rings. The van der Waals surface area contributed by atoms with E-state index in [9.17, 15) is 21.2 Å². The third-order valence-electron chi connectivity index (χ3n) is 4.30. The van der Waals surface area contributed by atoms with Crippen molar-refractivity contribution >= 4 is 48.9 Å². The highest BCUT2D eigenvalue weighted by atomic mass is 32.2. The van der Waals surface area contributed by atoms with Gasteiger partial charge in [-0.05, 0) is 30.3 Å². The number of aromatic nitrogens is 3. The molecule has 174 valence electrons. The molecule has 0 unspecified atom stereocenters. The van der Waals surface area contributed by atoms with Crippen molar-refractivity contribution in [3.8, 4) is 0 Å². The normalized spacial score (nSPS) is 11.7. The summed E-state index contributed by atoms with van der Waals surface area (Å²) in [5.41, 5.74) is 6.12. The van der Waals surface area contributed by atoms with E-state index in [1.807, 2.05) is 0 Å². The number of nitrogens with one attached hydrogen (secondary N) is 1. The van der Waals surface area contributed by atoms with Gasteiger partial charge in [-0.2, -0.15) is 27.8 Å². The molecule has 2 aromatic carbocycles.